The molecule has 1 N–H and O–H groups in total. The first-order valence-corrected chi connectivity index (χ1v) is 6.93. The fourth-order valence-corrected chi connectivity index (χ4v) is 2.10. The molecular weight excluding hydrogens is 254 g/mol. The van der Waals surface area contributed by atoms with E-state index in [4.69, 9.17) is 0 Å². The largest absolute Gasteiger partial charge is 0.365 e. The van der Waals surface area contributed by atoms with Gasteiger partial charge in [0.15, 0.2) is 0 Å². The Morgan fingerprint density at radius 3 is 2.45 bits per heavy atom. The topological polar surface area (TPSA) is 61.4 Å². The molecule has 0 atom stereocenters. The zero-order valence-electron chi connectivity index (χ0n) is 12.7. The lowest BCUT2D eigenvalue weighted by atomic mass is 10.1. The van der Waals surface area contributed by atoms with Crippen molar-refractivity contribution in [2.75, 3.05) is 38.5 Å². The molecule has 0 spiro atoms. The van der Waals surface area contributed by atoms with E-state index in [1.807, 2.05) is 4.90 Å². The zero-order chi connectivity index (χ0) is 14.8. The first-order chi connectivity index (χ1) is 9.35. The summed E-state index contributed by atoms with van der Waals surface area (Å²) in [6.07, 6.45) is 1.44. The molecule has 110 valence electrons. The van der Waals surface area contributed by atoms with E-state index in [1.165, 1.54) is 6.33 Å². The molecule has 6 heteroatoms. The number of carbonyl (C=O) groups is 1. The van der Waals surface area contributed by atoms with Gasteiger partial charge in [-0.2, -0.15) is 0 Å². The highest BCUT2D eigenvalue weighted by molar-refractivity contribution is 5.93. The Morgan fingerprint density at radius 1 is 1.20 bits per heavy atom. The molecule has 1 aromatic heterocycles. The Bertz CT molecular complexity index is 475. The number of hydrogen-bond acceptors (Lipinski definition) is 5. The second-order valence-electron chi connectivity index (χ2n) is 6.26. The van der Waals surface area contributed by atoms with E-state index in [0.717, 1.165) is 26.2 Å². The third-order valence-electron chi connectivity index (χ3n) is 3.18. The van der Waals surface area contributed by atoms with Crippen molar-refractivity contribution in [3.05, 3.63) is 18.1 Å². The molecule has 0 aliphatic carbocycles. The van der Waals surface area contributed by atoms with E-state index in [1.54, 1.807) is 6.07 Å². The van der Waals surface area contributed by atoms with Gasteiger partial charge in [0.2, 0.25) is 0 Å². The van der Waals surface area contributed by atoms with Crippen molar-refractivity contribution >= 4 is 11.7 Å². The van der Waals surface area contributed by atoms with Crippen molar-refractivity contribution in [3.63, 3.8) is 0 Å². The summed E-state index contributed by atoms with van der Waals surface area (Å²) in [6.45, 7) is 9.47. The molecule has 1 amide bonds. The normalized spacial score (nSPS) is 17.1. The van der Waals surface area contributed by atoms with Gasteiger partial charge in [-0.1, -0.05) is 0 Å². The number of piperazine rings is 1. The van der Waals surface area contributed by atoms with Crippen LogP contribution in [0, 0.1) is 0 Å². The van der Waals surface area contributed by atoms with Crippen LogP contribution in [0.25, 0.3) is 0 Å². The summed E-state index contributed by atoms with van der Waals surface area (Å²) in [4.78, 5) is 24.8. The van der Waals surface area contributed by atoms with Crippen LogP contribution >= 0.6 is 0 Å². The predicted octanol–water partition coefficient (Wildman–Crippen LogP) is 1.07. The minimum atomic E-state index is -0.0947. The van der Waals surface area contributed by atoms with Gasteiger partial charge in [0.1, 0.15) is 17.8 Å². The second-order valence-corrected chi connectivity index (χ2v) is 6.26. The highest BCUT2D eigenvalue weighted by Crippen LogP contribution is 2.13. The molecule has 0 radical (unpaired) electrons. The Hall–Kier alpha value is -1.69. The van der Waals surface area contributed by atoms with Crippen LogP contribution in [0.5, 0.6) is 0 Å². The lowest BCUT2D eigenvalue weighted by Crippen LogP contribution is -2.47. The van der Waals surface area contributed by atoms with Gasteiger partial charge < -0.3 is 15.1 Å². The Morgan fingerprint density at radius 2 is 1.85 bits per heavy atom. The number of likely N-dealkylation sites (N-methyl/N-ethyl adjacent to an activating group) is 1. The van der Waals surface area contributed by atoms with Gasteiger partial charge in [-0.3, -0.25) is 4.79 Å². The first-order valence-electron chi connectivity index (χ1n) is 6.93. The monoisotopic (exact) mass is 277 g/mol. The molecule has 1 saturated heterocycles. The molecule has 1 aliphatic rings. The van der Waals surface area contributed by atoms with Crippen molar-refractivity contribution in [3.8, 4) is 0 Å². The quantitative estimate of drug-likeness (QED) is 0.876. The van der Waals surface area contributed by atoms with Gasteiger partial charge in [0.25, 0.3) is 5.91 Å². The third kappa shape index (κ3) is 3.90. The highest BCUT2D eigenvalue weighted by Gasteiger charge is 2.22. The van der Waals surface area contributed by atoms with Gasteiger partial charge in [-0.25, -0.2) is 9.97 Å². The third-order valence-corrected chi connectivity index (χ3v) is 3.18. The maximum atomic E-state index is 12.4. The fourth-order valence-electron chi connectivity index (χ4n) is 2.10. The molecule has 20 heavy (non-hydrogen) atoms. The predicted molar refractivity (Wildman–Crippen MR) is 78.8 cm³/mol. The molecule has 1 aromatic rings. The molecule has 2 heterocycles. The number of anilines is 1. The van der Waals surface area contributed by atoms with E-state index in [9.17, 15) is 4.79 Å². The minimum Gasteiger partial charge on any atom is -0.365 e. The molecule has 1 fully saturated rings. The summed E-state index contributed by atoms with van der Waals surface area (Å²) in [5, 5.41) is 3.26. The highest BCUT2D eigenvalue weighted by atomic mass is 16.2. The van der Waals surface area contributed by atoms with Gasteiger partial charge in [0, 0.05) is 37.8 Å². The Labute approximate surface area is 120 Å². The Kier molecular flexibility index (Phi) is 4.23. The van der Waals surface area contributed by atoms with Crippen LogP contribution in [-0.2, 0) is 0 Å². The van der Waals surface area contributed by atoms with E-state index in [2.05, 4.69) is 48.0 Å². The summed E-state index contributed by atoms with van der Waals surface area (Å²) in [5.41, 5.74) is 0.360. The maximum Gasteiger partial charge on any atom is 0.272 e. The molecule has 6 nitrogen and oxygen atoms in total. The molecule has 0 saturated carbocycles. The van der Waals surface area contributed by atoms with Crippen LogP contribution < -0.4 is 5.32 Å². The Balaban J connectivity index is 2.08. The maximum absolute atomic E-state index is 12.4. The SMILES string of the molecule is CN1CCN(C(=O)c2cc(NC(C)(C)C)ncn2)CC1. The molecule has 0 aromatic carbocycles. The van der Waals surface area contributed by atoms with E-state index >= 15 is 0 Å². The second kappa shape index (κ2) is 5.75. The van der Waals surface area contributed by atoms with Crippen LogP contribution in [-0.4, -0.2) is 64.4 Å². The standard InChI is InChI=1S/C14H23N5O/c1-14(2,3)17-12-9-11(15-10-16-12)13(20)19-7-5-18(4)6-8-19/h9-10H,5-8H2,1-4H3,(H,15,16,17). The number of nitrogens with zero attached hydrogens (tertiary/aromatic N) is 4. The summed E-state index contributed by atoms with van der Waals surface area (Å²) in [7, 11) is 2.07. The van der Waals surface area contributed by atoms with E-state index in [0.29, 0.717) is 11.5 Å². The summed E-state index contributed by atoms with van der Waals surface area (Å²) < 4.78 is 0. The first kappa shape index (κ1) is 14.7. The van der Waals surface area contributed by atoms with Gasteiger partial charge in [-0.05, 0) is 27.8 Å². The van der Waals surface area contributed by atoms with Crippen molar-refractivity contribution in [1.82, 2.24) is 19.8 Å². The van der Waals surface area contributed by atoms with Crippen molar-refractivity contribution in [2.45, 2.75) is 26.3 Å². The lowest BCUT2D eigenvalue weighted by Gasteiger charge is -2.32. The zero-order valence-corrected chi connectivity index (χ0v) is 12.7. The van der Waals surface area contributed by atoms with Crippen LogP contribution in [0.4, 0.5) is 5.82 Å². The summed E-state index contributed by atoms with van der Waals surface area (Å²) in [5.74, 6) is 0.669. The molecule has 0 unspecified atom stereocenters. The number of nitrogens with one attached hydrogen (secondary N) is 1. The number of amides is 1. The van der Waals surface area contributed by atoms with Crippen molar-refractivity contribution in [2.24, 2.45) is 0 Å². The number of hydrogen-bond donors (Lipinski definition) is 1. The summed E-state index contributed by atoms with van der Waals surface area (Å²) in [6, 6.07) is 1.73. The molecule has 2 rings (SSSR count). The van der Waals surface area contributed by atoms with Crippen molar-refractivity contribution in [1.29, 1.82) is 0 Å². The lowest BCUT2D eigenvalue weighted by molar-refractivity contribution is 0.0658. The van der Waals surface area contributed by atoms with Crippen LogP contribution in [0.15, 0.2) is 12.4 Å². The average molecular weight is 277 g/mol. The van der Waals surface area contributed by atoms with Crippen LogP contribution in [0.1, 0.15) is 31.3 Å². The summed E-state index contributed by atoms with van der Waals surface area (Å²) >= 11 is 0. The number of aromatic nitrogens is 2. The van der Waals surface area contributed by atoms with Gasteiger partial charge >= 0.3 is 0 Å². The van der Waals surface area contributed by atoms with Crippen LogP contribution in [0.3, 0.4) is 0 Å². The van der Waals surface area contributed by atoms with Crippen molar-refractivity contribution < 1.29 is 4.79 Å². The van der Waals surface area contributed by atoms with E-state index < -0.39 is 0 Å². The van der Waals surface area contributed by atoms with Gasteiger partial charge in [0.05, 0.1) is 0 Å². The van der Waals surface area contributed by atoms with Crippen LogP contribution in [0.2, 0.25) is 0 Å². The van der Waals surface area contributed by atoms with E-state index in [-0.39, 0.29) is 11.4 Å². The average Bonchev–Trinajstić information content (AvgIpc) is 2.37. The minimum absolute atomic E-state index is 0.0162. The smallest absolute Gasteiger partial charge is 0.272 e. The molecule has 0 bridgehead atoms. The number of rotatable bonds is 2. The fraction of sp³-hybridized carbons (Fsp3) is 0.643. The van der Waals surface area contributed by atoms with Gasteiger partial charge in [-0.15, -0.1) is 0 Å². The molecule has 1 aliphatic heterocycles. The number of carbonyl (C=O) groups excluding carboxylic acids is 1. The molecular formula is C14H23N5O.